The van der Waals surface area contributed by atoms with Gasteiger partial charge in [0.05, 0.1) is 24.7 Å². The molecule has 4 nitrogen and oxygen atoms in total. The fourth-order valence-corrected chi connectivity index (χ4v) is 2.63. The second-order valence-electron chi connectivity index (χ2n) is 6.05. The summed E-state index contributed by atoms with van der Waals surface area (Å²) in [5.74, 6) is 0.793. The van der Waals surface area contributed by atoms with Crippen LogP contribution in [0.3, 0.4) is 0 Å². The maximum absolute atomic E-state index is 5.54. The minimum absolute atomic E-state index is 0.793. The van der Waals surface area contributed by atoms with Crippen molar-refractivity contribution in [1.82, 2.24) is 0 Å². The minimum atomic E-state index is 0.793. The largest absolute Gasteiger partial charge is 0.496 e. The Morgan fingerprint density at radius 3 is 1.85 bits per heavy atom. The van der Waals surface area contributed by atoms with E-state index in [2.05, 4.69) is 6.07 Å². The Morgan fingerprint density at radius 2 is 1.35 bits per heavy atom. The highest BCUT2D eigenvalue weighted by atomic mass is 16.5. The molecule has 0 aliphatic rings. The molecular weight excluding hydrogens is 322 g/mol. The Bertz CT molecular complexity index is 822. The van der Waals surface area contributed by atoms with Crippen molar-refractivity contribution in [3.8, 4) is 5.75 Å². The maximum Gasteiger partial charge on any atom is 0.129 e. The lowest BCUT2D eigenvalue weighted by atomic mass is 10.2. The number of hydrogen-bond acceptors (Lipinski definition) is 4. The van der Waals surface area contributed by atoms with Gasteiger partial charge in [-0.1, -0.05) is 36.4 Å². The molecule has 0 saturated heterocycles. The molecule has 0 amide bonds. The van der Waals surface area contributed by atoms with Crippen molar-refractivity contribution in [3.63, 3.8) is 0 Å². The first-order valence-electron chi connectivity index (χ1n) is 8.48. The van der Waals surface area contributed by atoms with Gasteiger partial charge >= 0.3 is 0 Å². The molecule has 0 atom stereocenters. The summed E-state index contributed by atoms with van der Waals surface area (Å²) in [4.78, 5) is 2.05. The molecule has 0 saturated carbocycles. The van der Waals surface area contributed by atoms with E-state index in [4.69, 9.17) is 9.84 Å². The average Bonchev–Trinajstić information content (AvgIpc) is 2.69. The first-order valence-corrected chi connectivity index (χ1v) is 8.48. The van der Waals surface area contributed by atoms with Gasteiger partial charge in [-0.3, -0.25) is 0 Å². The fraction of sp³-hybridized carbons (Fsp3) is 0.136. The van der Waals surface area contributed by atoms with Crippen molar-refractivity contribution in [2.75, 3.05) is 31.1 Å². The summed E-state index contributed by atoms with van der Waals surface area (Å²) in [5.41, 5.74) is 4.01. The van der Waals surface area contributed by atoms with E-state index in [1.165, 1.54) is 0 Å². The van der Waals surface area contributed by atoms with Gasteiger partial charge in [0.1, 0.15) is 5.75 Å². The van der Waals surface area contributed by atoms with Gasteiger partial charge in [0.2, 0.25) is 0 Å². The number of ether oxygens (including phenoxy) is 1. The minimum Gasteiger partial charge on any atom is -0.496 e. The molecule has 0 aliphatic heterocycles. The van der Waals surface area contributed by atoms with Crippen LogP contribution in [-0.4, -0.2) is 27.4 Å². The van der Waals surface area contributed by atoms with Gasteiger partial charge < -0.3 is 9.64 Å². The van der Waals surface area contributed by atoms with E-state index in [9.17, 15) is 0 Å². The van der Waals surface area contributed by atoms with Crippen LogP contribution in [0.2, 0.25) is 0 Å². The molecule has 0 aliphatic carbocycles. The van der Waals surface area contributed by atoms with Crippen molar-refractivity contribution >= 4 is 23.3 Å². The van der Waals surface area contributed by atoms with Crippen molar-refractivity contribution in [3.05, 3.63) is 84.4 Å². The zero-order valence-corrected chi connectivity index (χ0v) is 15.3. The summed E-state index contributed by atoms with van der Waals surface area (Å²) >= 11 is 0. The Hall–Kier alpha value is -3.27. The van der Waals surface area contributed by atoms with Crippen molar-refractivity contribution in [2.45, 2.75) is 0 Å². The summed E-state index contributed by atoms with van der Waals surface area (Å²) < 4.78 is 5.54. The molecule has 0 unspecified atom stereocenters. The number of para-hydroxylation sites is 2. The monoisotopic (exact) mass is 345 g/mol. The van der Waals surface area contributed by atoms with Gasteiger partial charge in [0.25, 0.3) is 0 Å². The molecule has 0 bridgehead atoms. The number of benzene rings is 3. The highest BCUT2D eigenvalue weighted by Gasteiger charge is 2.08. The second kappa shape index (κ2) is 8.21. The predicted molar refractivity (Wildman–Crippen MR) is 110 cm³/mol. The van der Waals surface area contributed by atoms with Crippen LogP contribution in [0.25, 0.3) is 0 Å². The van der Waals surface area contributed by atoms with E-state index in [1.54, 1.807) is 7.11 Å². The Morgan fingerprint density at radius 1 is 0.769 bits per heavy atom. The van der Waals surface area contributed by atoms with Gasteiger partial charge in [-0.2, -0.15) is 5.10 Å². The topological polar surface area (TPSA) is 28.1 Å². The quantitative estimate of drug-likeness (QED) is 0.468. The second-order valence-corrected chi connectivity index (χ2v) is 6.05. The normalized spacial score (nSPS) is 10.7. The third-order valence-electron chi connectivity index (χ3n) is 4.05. The van der Waals surface area contributed by atoms with Crippen LogP contribution in [0, 0.1) is 0 Å². The lowest BCUT2D eigenvalue weighted by molar-refractivity contribution is 0.414. The van der Waals surface area contributed by atoms with E-state index < -0.39 is 0 Å². The average molecular weight is 345 g/mol. The Kier molecular flexibility index (Phi) is 5.54. The predicted octanol–water partition coefficient (Wildman–Crippen LogP) is 4.93. The molecule has 0 aromatic heterocycles. The maximum atomic E-state index is 5.54. The number of methoxy groups -OCH3 is 1. The molecule has 3 aromatic carbocycles. The first-order chi connectivity index (χ1) is 12.7. The lowest BCUT2D eigenvalue weighted by Crippen LogP contribution is -2.10. The standard InChI is InChI=1S/C22H23N3O/c1-24(2)21-15-14-18(22(16-21)26-3)17-23-25(19-10-6-4-7-11-19)20-12-8-5-9-13-20/h4-17H,1-3H3. The molecule has 0 fully saturated rings. The summed E-state index contributed by atoms with van der Waals surface area (Å²) in [7, 11) is 5.70. The number of hydrogen-bond donors (Lipinski definition) is 0. The number of hydrazone groups is 1. The molecule has 0 N–H and O–H groups in total. The van der Waals surface area contributed by atoms with Crippen LogP contribution >= 0.6 is 0 Å². The zero-order chi connectivity index (χ0) is 18.4. The Balaban J connectivity index is 1.97. The van der Waals surface area contributed by atoms with Gasteiger partial charge in [0.15, 0.2) is 0 Å². The summed E-state index contributed by atoms with van der Waals surface area (Å²) in [6, 6.07) is 26.3. The molecule has 4 heteroatoms. The third kappa shape index (κ3) is 4.03. The van der Waals surface area contributed by atoms with E-state index >= 15 is 0 Å². The number of rotatable bonds is 6. The molecule has 26 heavy (non-hydrogen) atoms. The first kappa shape index (κ1) is 17.5. The third-order valence-corrected chi connectivity index (χ3v) is 4.05. The van der Waals surface area contributed by atoms with E-state index in [0.717, 1.165) is 28.4 Å². The molecule has 3 rings (SSSR count). The van der Waals surface area contributed by atoms with Gasteiger partial charge in [-0.25, -0.2) is 5.01 Å². The number of nitrogens with zero attached hydrogens (tertiary/aromatic N) is 3. The van der Waals surface area contributed by atoms with Crippen LogP contribution in [0.15, 0.2) is 84.0 Å². The molecule has 0 spiro atoms. The van der Waals surface area contributed by atoms with Crippen LogP contribution in [-0.2, 0) is 0 Å². The molecule has 0 radical (unpaired) electrons. The van der Waals surface area contributed by atoms with Gasteiger partial charge in [-0.15, -0.1) is 0 Å². The van der Waals surface area contributed by atoms with Crippen LogP contribution < -0.4 is 14.6 Å². The summed E-state index contributed by atoms with van der Waals surface area (Å²) in [5, 5.41) is 6.65. The van der Waals surface area contributed by atoms with E-state index in [1.807, 2.05) is 103 Å². The highest BCUT2D eigenvalue weighted by molar-refractivity contribution is 5.86. The summed E-state index contributed by atoms with van der Waals surface area (Å²) in [6.07, 6.45) is 1.83. The van der Waals surface area contributed by atoms with Crippen molar-refractivity contribution < 1.29 is 4.74 Å². The fourth-order valence-electron chi connectivity index (χ4n) is 2.63. The van der Waals surface area contributed by atoms with E-state index in [0.29, 0.717) is 0 Å². The van der Waals surface area contributed by atoms with Gasteiger partial charge in [-0.05, 0) is 36.4 Å². The van der Waals surface area contributed by atoms with Crippen molar-refractivity contribution in [1.29, 1.82) is 0 Å². The highest BCUT2D eigenvalue weighted by Crippen LogP contribution is 2.27. The SMILES string of the molecule is COc1cc(N(C)C)ccc1C=NN(c1ccccc1)c1ccccc1. The van der Waals surface area contributed by atoms with Crippen LogP contribution in [0.5, 0.6) is 5.75 Å². The Labute approximate surface area is 155 Å². The van der Waals surface area contributed by atoms with E-state index in [-0.39, 0.29) is 0 Å². The lowest BCUT2D eigenvalue weighted by Gasteiger charge is -2.19. The van der Waals surface area contributed by atoms with Crippen LogP contribution in [0.1, 0.15) is 5.56 Å². The summed E-state index contributed by atoms with van der Waals surface area (Å²) in [6.45, 7) is 0. The molecular formula is C22H23N3O. The van der Waals surface area contributed by atoms with Crippen molar-refractivity contribution in [2.24, 2.45) is 5.10 Å². The van der Waals surface area contributed by atoms with Crippen LogP contribution in [0.4, 0.5) is 17.1 Å². The number of anilines is 3. The molecule has 3 aromatic rings. The molecule has 132 valence electrons. The zero-order valence-electron chi connectivity index (χ0n) is 15.3. The smallest absolute Gasteiger partial charge is 0.129 e. The molecule has 0 heterocycles. The van der Waals surface area contributed by atoms with Gasteiger partial charge in [0, 0.05) is 31.4 Å².